The van der Waals surface area contributed by atoms with Gasteiger partial charge in [0, 0.05) is 0 Å². The van der Waals surface area contributed by atoms with Crippen LogP contribution in [0.1, 0.15) is 5.82 Å². The topological polar surface area (TPSA) is 108 Å². The predicted molar refractivity (Wildman–Crippen MR) is 58.4 cm³/mol. The summed E-state index contributed by atoms with van der Waals surface area (Å²) >= 11 is 0. The molecule has 1 rings (SSSR count). The fourth-order valence-electron chi connectivity index (χ4n) is 1.46. The van der Waals surface area contributed by atoms with Crippen molar-refractivity contribution in [1.29, 1.82) is 0 Å². The number of nitrogens with zero attached hydrogens (tertiary/aromatic N) is 3. The van der Waals surface area contributed by atoms with Gasteiger partial charge in [-0.2, -0.15) is 58.9 Å². The zero-order chi connectivity index (χ0) is 20.9. The number of hydrogen-bond acceptors (Lipinski definition) is 6. The molecule has 0 aliphatic rings. The molecule has 0 aliphatic heterocycles. The van der Waals surface area contributed by atoms with E-state index in [1.54, 1.807) is 0 Å². The summed E-state index contributed by atoms with van der Waals surface area (Å²) in [6.45, 7) is 0. The molecule has 17 heteroatoms. The Hall–Kier alpha value is -2.49. The number of carbonyl (C=O) groups excluding carboxylic acids is 1. The van der Waals surface area contributed by atoms with E-state index in [0.717, 1.165) is 0 Å². The lowest BCUT2D eigenvalue weighted by molar-refractivity contribution is -0.349. The summed E-state index contributed by atoms with van der Waals surface area (Å²) < 4.78 is 141. The summed E-state index contributed by atoms with van der Waals surface area (Å²) in [6, 6.07) is 0. The highest BCUT2D eigenvalue weighted by atomic mass is 19.4. The van der Waals surface area contributed by atoms with Crippen molar-refractivity contribution in [2.24, 2.45) is 0 Å². The molecule has 0 bridgehead atoms. The van der Waals surface area contributed by atoms with Gasteiger partial charge in [0.25, 0.3) is 5.78 Å². The summed E-state index contributed by atoms with van der Waals surface area (Å²) in [7, 11) is 0. The van der Waals surface area contributed by atoms with Crippen LogP contribution in [0.5, 0.6) is 0 Å². The van der Waals surface area contributed by atoms with Gasteiger partial charge < -0.3 is 11.5 Å². The molecule has 0 aliphatic carbocycles. The van der Waals surface area contributed by atoms with Crippen molar-refractivity contribution >= 4 is 17.7 Å². The molecule has 1 aromatic rings. The highest BCUT2D eigenvalue weighted by molar-refractivity contribution is 5.95. The van der Waals surface area contributed by atoms with Crippen molar-refractivity contribution in [2.45, 2.75) is 29.9 Å². The molecule has 0 saturated carbocycles. The van der Waals surface area contributed by atoms with Gasteiger partial charge in [-0.25, -0.2) is 4.39 Å². The molecule has 1 unspecified atom stereocenters. The van der Waals surface area contributed by atoms with Crippen LogP contribution in [0, 0.1) is 0 Å². The molecule has 6 nitrogen and oxygen atoms in total. The van der Waals surface area contributed by atoms with Gasteiger partial charge >= 0.3 is 29.9 Å². The smallest absolute Gasteiger partial charge is 0.368 e. The number of hydrogen-bond donors (Lipinski definition) is 2. The highest BCUT2D eigenvalue weighted by Gasteiger charge is 2.82. The van der Waals surface area contributed by atoms with Crippen molar-refractivity contribution in [1.82, 2.24) is 15.0 Å². The van der Waals surface area contributed by atoms with E-state index in [0.29, 0.717) is 0 Å². The standard InChI is InChI=1S/C9H4F11N5O/c10-5(8(15,16)17,2-23-3(21)25-4(22)24-2)1(26)6(11,12)7(13,14)9(18,19)20/h(H4,21,22,23,24,25). The van der Waals surface area contributed by atoms with E-state index in [9.17, 15) is 53.1 Å². The van der Waals surface area contributed by atoms with Gasteiger partial charge in [-0.1, -0.05) is 0 Å². The number of carbonyl (C=O) groups is 1. The number of rotatable bonds is 4. The molecule has 0 amide bonds. The summed E-state index contributed by atoms with van der Waals surface area (Å²) in [6.07, 6.45) is -14.0. The molecule has 26 heavy (non-hydrogen) atoms. The SMILES string of the molecule is Nc1nc(N)nc(C(F)(C(=O)C(F)(F)C(F)(F)C(F)(F)F)C(F)(F)F)n1. The normalized spacial score (nSPS) is 16.3. The van der Waals surface area contributed by atoms with Crippen LogP contribution >= 0.6 is 0 Å². The second-order valence-corrected chi connectivity index (χ2v) is 4.51. The van der Waals surface area contributed by atoms with E-state index in [1.165, 1.54) is 0 Å². The van der Waals surface area contributed by atoms with Crippen molar-refractivity contribution < 1.29 is 53.1 Å². The number of anilines is 2. The fourth-order valence-corrected chi connectivity index (χ4v) is 1.46. The van der Waals surface area contributed by atoms with Crippen molar-refractivity contribution in [2.75, 3.05) is 11.5 Å². The molecule has 148 valence electrons. The molecule has 0 spiro atoms. The van der Waals surface area contributed by atoms with Crippen molar-refractivity contribution in [3.63, 3.8) is 0 Å². The first-order chi connectivity index (χ1) is 11.3. The van der Waals surface area contributed by atoms with Crippen molar-refractivity contribution in [3.05, 3.63) is 5.82 Å². The molecule has 0 saturated heterocycles. The van der Waals surface area contributed by atoms with E-state index in [-0.39, 0.29) is 0 Å². The average molecular weight is 407 g/mol. The third kappa shape index (κ3) is 3.05. The number of alkyl halides is 11. The maximum absolute atomic E-state index is 14.3. The number of nitrogen functional groups attached to an aromatic ring is 2. The van der Waals surface area contributed by atoms with Gasteiger partial charge in [0.15, 0.2) is 5.82 Å². The minimum absolute atomic E-state index is 1.36. The minimum atomic E-state index is -7.36. The first-order valence-corrected chi connectivity index (χ1v) is 5.70. The molecular formula is C9H4F11N5O. The van der Waals surface area contributed by atoms with E-state index in [2.05, 4.69) is 15.0 Å². The fraction of sp³-hybridized carbons (Fsp3) is 0.556. The van der Waals surface area contributed by atoms with Gasteiger partial charge in [0.05, 0.1) is 0 Å². The Kier molecular flexibility index (Phi) is 4.78. The lowest BCUT2D eigenvalue weighted by Crippen LogP contribution is -2.63. The van der Waals surface area contributed by atoms with Crippen LogP contribution in [-0.2, 0) is 10.5 Å². The number of ketones is 1. The lowest BCUT2D eigenvalue weighted by Gasteiger charge is -2.32. The average Bonchev–Trinajstić information content (AvgIpc) is 2.41. The van der Waals surface area contributed by atoms with Crippen LogP contribution in [0.2, 0.25) is 0 Å². The Morgan fingerprint density at radius 2 is 1.08 bits per heavy atom. The summed E-state index contributed by atoms with van der Waals surface area (Å²) in [5, 5.41) is 0. The molecular weight excluding hydrogens is 403 g/mol. The van der Waals surface area contributed by atoms with E-state index in [1.807, 2.05) is 0 Å². The van der Waals surface area contributed by atoms with Gasteiger partial charge in [0.1, 0.15) is 0 Å². The van der Waals surface area contributed by atoms with Gasteiger partial charge in [-0.15, -0.1) is 0 Å². The van der Waals surface area contributed by atoms with E-state index in [4.69, 9.17) is 11.5 Å². The number of nitrogens with two attached hydrogens (primary N) is 2. The molecule has 1 atom stereocenters. The zero-order valence-corrected chi connectivity index (χ0v) is 11.6. The van der Waals surface area contributed by atoms with Crippen molar-refractivity contribution in [3.8, 4) is 0 Å². The molecule has 0 radical (unpaired) electrons. The first-order valence-electron chi connectivity index (χ1n) is 5.70. The maximum atomic E-state index is 14.3. The van der Waals surface area contributed by atoms with Crippen LogP contribution in [-0.4, -0.2) is 44.9 Å². The van der Waals surface area contributed by atoms with Gasteiger partial charge in [0.2, 0.25) is 11.9 Å². The van der Waals surface area contributed by atoms with E-state index >= 15 is 0 Å². The number of halogens is 11. The molecule has 0 fully saturated rings. The van der Waals surface area contributed by atoms with Gasteiger partial charge in [-0.05, 0) is 0 Å². The minimum Gasteiger partial charge on any atom is -0.368 e. The summed E-state index contributed by atoms with van der Waals surface area (Å²) in [5.74, 6) is -24.5. The maximum Gasteiger partial charge on any atom is 0.460 e. The Balaban J connectivity index is 3.73. The van der Waals surface area contributed by atoms with E-state index < -0.39 is 53.4 Å². The summed E-state index contributed by atoms with van der Waals surface area (Å²) in [4.78, 5) is 18.8. The van der Waals surface area contributed by atoms with Crippen LogP contribution in [0.15, 0.2) is 0 Å². The number of aromatic nitrogens is 3. The Bertz CT molecular complexity index is 695. The molecule has 1 heterocycles. The van der Waals surface area contributed by atoms with Gasteiger partial charge in [-0.3, -0.25) is 4.79 Å². The largest absolute Gasteiger partial charge is 0.460 e. The third-order valence-corrected chi connectivity index (χ3v) is 2.72. The quantitative estimate of drug-likeness (QED) is 0.741. The Morgan fingerprint density at radius 3 is 1.38 bits per heavy atom. The molecule has 4 N–H and O–H groups in total. The number of Topliss-reactive ketones (excluding diaryl/α,β-unsaturated/α-hetero) is 1. The van der Waals surface area contributed by atoms with Crippen LogP contribution in [0.25, 0.3) is 0 Å². The third-order valence-electron chi connectivity index (χ3n) is 2.72. The van der Waals surface area contributed by atoms with Crippen LogP contribution < -0.4 is 11.5 Å². The van der Waals surface area contributed by atoms with Crippen LogP contribution in [0.4, 0.5) is 60.2 Å². The monoisotopic (exact) mass is 407 g/mol. The molecule has 1 aromatic heterocycles. The molecule has 0 aromatic carbocycles. The van der Waals surface area contributed by atoms with Crippen LogP contribution in [0.3, 0.4) is 0 Å². The summed E-state index contributed by atoms with van der Waals surface area (Å²) in [5.41, 5.74) is 3.31. The highest BCUT2D eigenvalue weighted by Crippen LogP contribution is 2.53. The predicted octanol–water partition coefficient (Wildman–Crippen LogP) is 2.17. The zero-order valence-electron chi connectivity index (χ0n) is 11.6. The first kappa shape index (κ1) is 21.6. The second kappa shape index (κ2) is 5.76. The lowest BCUT2D eigenvalue weighted by atomic mass is 9.90. The Labute approximate surface area is 134 Å². The Morgan fingerprint density at radius 1 is 0.692 bits per heavy atom. The second-order valence-electron chi connectivity index (χ2n) is 4.51.